The summed E-state index contributed by atoms with van der Waals surface area (Å²) in [6, 6.07) is 2.11. The highest BCUT2D eigenvalue weighted by molar-refractivity contribution is 5.66. The summed E-state index contributed by atoms with van der Waals surface area (Å²) in [5.41, 5.74) is -0.390. The van der Waals surface area contributed by atoms with E-state index in [0.29, 0.717) is 5.69 Å². The van der Waals surface area contributed by atoms with Gasteiger partial charge in [0.2, 0.25) is 0 Å². The van der Waals surface area contributed by atoms with Crippen LogP contribution in [0.3, 0.4) is 0 Å². The molecule has 2 heterocycles. The van der Waals surface area contributed by atoms with E-state index in [1.165, 1.54) is 12.3 Å². The lowest BCUT2D eigenvalue weighted by Crippen LogP contribution is -2.09. The van der Waals surface area contributed by atoms with E-state index in [9.17, 15) is 18.0 Å². The van der Waals surface area contributed by atoms with Gasteiger partial charge in [-0.25, -0.2) is 9.67 Å². The third-order valence-corrected chi connectivity index (χ3v) is 2.42. The van der Waals surface area contributed by atoms with Crippen LogP contribution in [0.1, 0.15) is 11.3 Å². The molecule has 0 aliphatic rings. The van der Waals surface area contributed by atoms with Gasteiger partial charge in [-0.05, 0) is 12.1 Å². The molecule has 2 aromatic rings. The molecule has 0 saturated carbocycles. The van der Waals surface area contributed by atoms with Gasteiger partial charge in [-0.2, -0.15) is 13.2 Å². The monoisotopic (exact) mass is 301 g/mol. The average molecular weight is 301 g/mol. The SMILES string of the molecule is O=C(O)Cn1cc(CNc2ccc(C(F)(F)F)cn2)nn1. The van der Waals surface area contributed by atoms with Crippen LogP contribution < -0.4 is 5.32 Å². The van der Waals surface area contributed by atoms with Crippen LogP contribution in [0, 0.1) is 0 Å². The molecule has 0 fully saturated rings. The van der Waals surface area contributed by atoms with Crippen LogP contribution in [0.4, 0.5) is 19.0 Å². The molecule has 7 nitrogen and oxygen atoms in total. The van der Waals surface area contributed by atoms with Gasteiger partial charge >= 0.3 is 12.1 Å². The van der Waals surface area contributed by atoms with Crippen molar-refractivity contribution in [3.05, 3.63) is 35.8 Å². The van der Waals surface area contributed by atoms with E-state index >= 15 is 0 Å². The highest BCUT2D eigenvalue weighted by Crippen LogP contribution is 2.28. The van der Waals surface area contributed by atoms with Gasteiger partial charge in [0.15, 0.2) is 0 Å². The molecule has 0 unspecified atom stereocenters. The molecular weight excluding hydrogens is 291 g/mol. The van der Waals surface area contributed by atoms with E-state index in [4.69, 9.17) is 5.11 Å². The number of aliphatic carboxylic acids is 1. The number of nitrogens with one attached hydrogen (secondary N) is 1. The van der Waals surface area contributed by atoms with Gasteiger partial charge in [0.05, 0.1) is 18.3 Å². The highest BCUT2D eigenvalue weighted by Gasteiger charge is 2.30. The van der Waals surface area contributed by atoms with Crippen molar-refractivity contribution in [3.8, 4) is 0 Å². The lowest BCUT2D eigenvalue weighted by atomic mass is 10.3. The Kier molecular flexibility index (Phi) is 4.05. The van der Waals surface area contributed by atoms with E-state index < -0.39 is 17.7 Å². The molecule has 0 bridgehead atoms. The number of nitrogens with zero attached hydrogens (tertiary/aromatic N) is 4. The molecule has 0 atom stereocenters. The van der Waals surface area contributed by atoms with Gasteiger partial charge in [-0.1, -0.05) is 5.21 Å². The Labute approximate surface area is 116 Å². The van der Waals surface area contributed by atoms with Gasteiger partial charge in [-0.3, -0.25) is 4.79 Å². The Morgan fingerprint density at radius 2 is 2.14 bits per heavy atom. The van der Waals surface area contributed by atoms with Crippen molar-refractivity contribution < 1.29 is 23.1 Å². The van der Waals surface area contributed by atoms with Crippen molar-refractivity contribution in [1.29, 1.82) is 0 Å². The van der Waals surface area contributed by atoms with Crippen LogP contribution in [0.15, 0.2) is 24.5 Å². The van der Waals surface area contributed by atoms with Crippen molar-refractivity contribution in [1.82, 2.24) is 20.0 Å². The highest BCUT2D eigenvalue weighted by atomic mass is 19.4. The number of carboxylic acids is 1. The molecule has 112 valence electrons. The van der Waals surface area contributed by atoms with Crippen LogP contribution in [0.2, 0.25) is 0 Å². The maximum Gasteiger partial charge on any atom is 0.417 e. The Morgan fingerprint density at radius 1 is 1.38 bits per heavy atom. The number of anilines is 1. The van der Waals surface area contributed by atoms with Crippen molar-refractivity contribution >= 4 is 11.8 Å². The maximum absolute atomic E-state index is 12.3. The predicted octanol–water partition coefficient (Wildman–Crippen LogP) is 1.39. The first-order chi connectivity index (χ1) is 9.84. The predicted molar refractivity (Wildman–Crippen MR) is 64.2 cm³/mol. The molecule has 0 aliphatic carbocycles. The van der Waals surface area contributed by atoms with E-state index in [1.54, 1.807) is 0 Å². The van der Waals surface area contributed by atoms with E-state index in [-0.39, 0.29) is 18.9 Å². The zero-order valence-corrected chi connectivity index (χ0v) is 10.5. The third-order valence-electron chi connectivity index (χ3n) is 2.42. The summed E-state index contributed by atoms with van der Waals surface area (Å²) in [5.74, 6) is -0.806. The Hall–Kier alpha value is -2.65. The fourth-order valence-electron chi connectivity index (χ4n) is 1.48. The van der Waals surface area contributed by atoms with E-state index in [0.717, 1.165) is 16.9 Å². The minimum absolute atomic E-state index is 0.165. The fraction of sp³-hybridized carbons (Fsp3) is 0.273. The Balaban J connectivity index is 1.94. The number of hydrogen-bond acceptors (Lipinski definition) is 5. The molecular formula is C11H10F3N5O2. The molecule has 21 heavy (non-hydrogen) atoms. The van der Waals surface area contributed by atoms with Crippen molar-refractivity contribution in [3.63, 3.8) is 0 Å². The zero-order valence-electron chi connectivity index (χ0n) is 10.5. The summed E-state index contributed by atoms with van der Waals surface area (Å²) >= 11 is 0. The quantitative estimate of drug-likeness (QED) is 0.867. The van der Waals surface area contributed by atoms with Gasteiger partial charge in [-0.15, -0.1) is 5.10 Å². The van der Waals surface area contributed by atoms with Gasteiger partial charge in [0.25, 0.3) is 0 Å². The summed E-state index contributed by atoms with van der Waals surface area (Å²) < 4.78 is 38.2. The molecule has 0 spiro atoms. The van der Waals surface area contributed by atoms with Crippen LogP contribution in [0.5, 0.6) is 0 Å². The Morgan fingerprint density at radius 3 is 2.71 bits per heavy atom. The molecule has 0 aliphatic heterocycles. The van der Waals surface area contributed by atoms with Crippen LogP contribution in [0.25, 0.3) is 0 Å². The zero-order chi connectivity index (χ0) is 15.5. The number of pyridine rings is 1. The first-order valence-corrected chi connectivity index (χ1v) is 5.72. The number of alkyl halides is 3. The maximum atomic E-state index is 12.3. The number of carboxylic acid groups (broad SMARTS) is 1. The third kappa shape index (κ3) is 4.16. The van der Waals surface area contributed by atoms with Crippen LogP contribution in [-0.2, 0) is 24.1 Å². The van der Waals surface area contributed by atoms with Crippen molar-refractivity contribution in [2.24, 2.45) is 0 Å². The molecule has 0 aromatic carbocycles. The van der Waals surface area contributed by atoms with Crippen molar-refractivity contribution in [2.45, 2.75) is 19.3 Å². The van der Waals surface area contributed by atoms with Gasteiger partial charge < -0.3 is 10.4 Å². The minimum Gasteiger partial charge on any atom is -0.480 e. The van der Waals surface area contributed by atoms with Crippen molar-refractivity contribution in [2.75, 3.05) is 5.32 Å². The number of hydrogen-bond donors (Lipinski definition) is 2. The summed E-state index contributed by atoms with van der Waals surface area (Å²) in [5, 5.41) is 18.6. The van der Waals surface area contributed by atoms with Gasteiger partial charge in [0, 0.05) is 6.20 Å². The lowest BCUT2D eigenvalue weighted by molar-refractivity contribution is -0.138. The molecule has 10 heteroatoms. The minimum atomic E-state index is -4.43. The van der Waals surface area contributed by atoms with E-state index in [1.807, 2.05) is 0 Å². The second kappa shape index (κ2) is 5.77. The Bertz CT molecular complexity index is 624. The second-order valence-electron chi connectivity index (χ2n) is 4.08. The first-order valence-electron chi connectivity index (χ1n) is 5.72. The summed E-state index contributed by atoms with van der Waals surface area (Å²) in [6.45, 7) is -0.149. The topological polar surface area (TPSA) is 92.9 Å². The summed E-state index contributed by atoms with van der Waals surface area (Å²) in [4.78, 5) is 14.1. The molecule has 0 amide bonds. The number of rotatable bonds is 5. The lowest BCUT2D eigenvalue weighted by Gasteiger charge is -2.07. The van der Waals surface area contributed by atoms with Gasteiger partial charge in [0.1, 0.15) is 18.1 Å². The average Bonchev–Trinajstić information content (AvgIpc) is 2.82. The van der Waals surface area contributed by atoms with Crippen LogP contribution >= 0.6 is 0 Å². The largest absolute Gasteiger partial charge is 0.480 e. The molecule has 2 N–H and O–H groups in total. The summed E-state index contributed by atoms with van der Waals surface area (Å²) in [6.07, 6.45) is -2.28. The standard InChI is InChI=1S/C11H10F3N5O2/c12-11(13,14)7-1-2-9(15-3-7)16-4-8-5-19(18-17-8)6-10(20)21/h1-3,5H,4,6H2,(H,15,16)(H,20,21). The summed E-state index contributed by atoms with van der Waals surface area (Å²) in [7, 11) is 0. The fourth-order valence-corrected chi connectivity index (χ4v) is 1.48. The first kappa shape index (κ1) is 14.8. The second-order valence-corrected chi connectivity index (χ2v) is 4.08. The van der Waals surface area contributed by atoms with Crippen LogP contribution in [-0.4, -0.2) is 31.1 Å². The smallest absolute Gasteiger partial charge is 0.417 e. The normalized spacial score (nSPS) is 11.4. The number of halogens is 3. The molecule has 0 radical (unpaired) electrons. The molecule has 0 saturated heterocycles. The van der Waals surface area contributed by atoms with E-state index in [2.05, 4.69) is 20.6 Å². The molecule has 2 aromatic heterocycles. The number of aromatic nitrogens is 4. The number of carbonyl (C=O) groups is 1. The molecule has 2 rings (SSSR count).